The molecule has 0 bridgehead atoms. The maximum atomic E-state index is 13.0. The summed E-state index contributed by atoms with van der Waals surface area (Å²) in [5, 5.41) is 19.2. The molecule has 3 rings (SSSR count). The van der Waals surface area contributed by atoms with Gasteiger partial charge in [-0.2, -0.15) is 8.42 Å². The molecule has 0 aliphatic carbocycles. The summed E-state index contributed by atoms with van der Waals surface area (Å²) >= 11 is 25.0. The van der Waals surface area contributed by atoms with Crippen molar-refractivity contribution < 1.29 is 23.2 Å². The standard InChI is InChI=1S/C19H12Cl4O5S/c20-13-7-2-1-6-12(13)19(29(26,27)28,10-4-3-5-11(24)8-10)16-17(22)14(21)9-15(25)18(16)23/h1-9,24-25H,(H,26,27,28). The molecule has 152 valence electrons. The quantitative estimate of drug-likeness (QED) is 0.239. The van der Waals surface area contributed by atoms with E-state index in [0.717, 1.165) is 12.1 Å². The van der Waals surface area contributed by atoms with E-state index >= 15 is 0 Å². The summed E-state index contributed by atoms with van der Waals surface area (Å²) in [6.45, 7) is 0. The maximum Gasteiger partial charge on any atom is 0.283 e. The molecular weight excluding hydrogens is 482 g/mol. The minimum atomic E-state index is -5.14. The van der Waals surface area contributed by atoms with Crippen LogP contribution in [0.15, 0.2) is 54.6 Å². The van der Waals surface area contributed by atoms with Crippen molar-refractivity contribution in [1.82, 2.24) is 0 Å². The normalized spacial score (nSPS) is 13.8. The molecular formula is C19H12Cl4O5S. The molecule has 0 saturated carbocycles. The van der Waals surface area contributed by atoms with Crippen molar-refractivity contribution in [2.24, 2.45) is 0 Å². The van der Waals surface area contributed by atoms with Crippen molar-refractivity contribution in [1.29, 1.82) is 0 Å². The molecule has 0 radical (unpaired) electrons. The number of phenolic OH excluding ortho intramolecular Hbond substituents is 2. The molecule has 3 N–H and O–H groups in total. The van der Waals surface area contributed by atoms with Crippen molar-refractivity contribution in [2.45, 2.75) is 4.75 Å². The largest absolute Gasteiger partial charge is 0.508 e. The minimum absolute atomic E-state index is 0.0416. The highest BCUT2D eigenvalue weighted by Gasteiger charge is 2.53. The van der Waals surface area contributed by atoms with Gasteiger partial charge in [0.2, 0.25) is 0 Å². The molecule has 29 heavy (non-hydrogen) atoms. The molecule has 3 aromatic carbocycles. The zero-order valence-electron chi connectivity index (χ0n) is 14.3. The second-order valence-electron chi connectivity index (χ2n) is 6.07. The summed E-state index contributed by atoms with van der Waals surface area (Å²) in [5.41, 5.74) is -0.647. The van der Waals surface area contributed by atoms with Crippen LogP contribution in [0.3, 0.4) is 0 Å². The molecule has 1 atom stereocenters. The van der Waals surface area contributed by atoms with E-state index in [-0.39, 0.29) is 31.9 Å². The highest BCUT2D eigenvalue weighted by Crippen LogP contribution is 2.54. The molecule has 0 heterocycles. The van der Waals surface area contributed by atoms with Gasteiger partial charge in [0.25, 0.3) is 10.1 Å². The summed E-state index contributed by atoms with van der Waals surface area (Å²) in [7, 11) is -5.14. The van der Waals surface area contributed by atoms with Crippen molar-refractivity contribution in [3.63, 3.8) is 0 Å². The summed E-state index contributed by atoms with van der Waals surface area (Å²) < 4.78 is 34.0. The lowest BCUT2D eigenvalue weighted by molar-refractivity contribution is 0.455. The molecule has 0 aliphatic rings. The number of phenols is 2. The lowest BCUT2D eigenvalue weighted by atomic mass is 9.83. The number of benzene rings is 3. The molecule has 5 nitrogen and oxygen atoms in total. The Labute approximate surface area is 186 Å². The second kappa shape index (κ2) is 7.87. The number of hydrogen-bond acceptors (Lipinski definition) is 4. The Morgan fingerprint density at radius 3 is 2.03 bits per heavy atom. The molecule has 3 aromatic rings. The van der Waals surface area contributed by atoms with E-state index in [1.807, 2.05) is 0 Å². The van der Waals surface area contributed by atoms with E-state index < -0.39 is 31.2 Å². The smallest absolute Gasteiger partial charge is 0.283 e. The van der Waals surface area contributed by atoms with Gasteiger partial charge in [0, 0.05) is 22.2 Å². The van der Waals surface area contributed by atoms with Crippen LogP contribution >= 0.6 is 46.4 Å². The third-order valence-electron chi connectivity index (χ3n) is 4.38. The predicted molar refractivity (Wildman–Crippen MR) is 114 cm³/mol. The van der Waals surface area contributed by atoms with Gasteiger partial charge >= 0.3 is 0 Å². The molecule has 0 spiro atoms. The van der Waals surface area contributed by atoms with Gasteiger partial charge in [-0.05, 0) is 23.8 Å². The highest BCUT2D eigenvalue weighted by atomic mass is 35.5. The number of aromatic hydroxyl groups is 2. The van der Waals surface area contributed by atoms with Crippen LogP contribution in [0.25, 0.3) is 0 Å². The first kappa shape index (κ1) is 22.0. The lowest BCUT2D eigenvalue weighted by Crippen LogP contribution is -2.39. The Morgan fingerprint density at radius 1 is 0.793 bits per heavy atom. The van der Waals surface area contributed by atoms with Gasteiger partial charge < -0.3 is 10.2 Å². The van der Waals surface area contributed by atoms with Crippen molar-refractivity contribution in [3.05, 3.63) is 91.4 Å². The van der Waals surface area contributed by atoms with Gasteiger partial charge in [0.15, 0.2) is 4.75 Å². The topological polar surface area (TPSA) is 94.8 Å². The minimum Gasteiger partial charge on any atom is -0.508 e. The van der Waals surface area contributed by atoms with Crippen molar-refractivity contribution in [2.75, 3.05) is 0 Å². The van der Waals surface area contributed by atoms with Crippen molar-refractivity contribution >= 4 is 56.5 Å². The van der Waals surface area contributed by atoms with Crippen LogP contribution in [0.4, 0.5) is 0 Å². The molecule has 0 aromatic heterocycles. The van der Waals surface area contributed by atoms with Gasteiger partial charge in [0.1, 0.15) is 11.5 Å². The van der Waals surface area contributed by atoms with E-state index in [0.29, 0.717) is 0 Å². The molecule has 10 heteroatoms. The van der Waals surface area contributed by atoms with E-state index in [9.17, 15) is 23.2 Å². The van der Waals surface area contributed by atoms with Crippen LogP contribution in [-0.4, -0.2) is 23.2 Å². The average molecular weight is 494 g/mol. The van der Waals surface area contributed by atoms with Crippen LogP contribution in [0, 0.1) is 0 Å². The van der Waals surface area contributed by atoms with E-state index in [1.54, 1.807) is 6.07 Å². The van der Waals surface area contributed by atoms with E-state index in [2.05, 4.69) is 0 Å². The summed E-state index contributed by atoms with van der Waals surface area (Å²) in [6, 6.07) is 12.0. The zero-order chi connectivity index (χ0) is 21.6. The third kappa shape index (κ3) is 3.54. The second-order valence-corrected chi connectivity index (χ2v) is 9.20. The van der Waals surface area contributed by atoms with Gasteiger partial charge in [-0.3, -0.25) is 4.55 Å². The molecule has 1 unspecified atom stereocenters. The molecule has 0 aliphatic heterocycles. The molecule has 0 fully saturated rings. The average Bonchev–Trinajstić information content (AvgIpc) is 2.63. The van der Waals surface area contributed by atoms with Crippen LogP contribution in [0.5, 0.6) is 11.5 Å². The van der Waals surface area contributed by atoms with Crippen LogP contribution in [-0.2, 0) is 14.9 Å². The van der Waals surface area contributed by atoms with Crippen LogP contribution in [0.2, 0.25) is 20.1 Å². The van der Waals surface area contributed by atoms with Crippen molar-refractivity contribution in [3.8, 4) is 11.5 Å². The monoisotopic (exact) mass is 492 g/mol. The molecule has 0 amide bonds. The van der Waals surface area contributed by atoms with Crippen LogP contribution in [0.1, 0.15) is 16.7 Å². The van der Waals surface area contributed by atoms with Gasteiger partial charge in [-0.1, -0.05) is 76.7 Å². The fraction of sp³-hybridized carbons (Fsp3) is 0.0526. The number of halogens is 4. The fourth-order valence-corrected chi connectivity index (χ4v) is 5.84. The predicted octanol–water partition coefficient (Wildman–Crippen LogP) is 5.89. The fourth-order valence-electron chi connectivity index (χ4n) is 3.22. The van der Waals surface area contributed by atoms with Gasteiger partial charge in [-0.25, -0.2) is 0 Å². The van der Waals surface area contributed by atoms with E-state index in [4.69, 9.17) is 46.4 Å². The van der Waals surface area contributed by atoms with E-state index in [1.165, 1.54) is 36.4 Å². The first-order valence-electron chi connectivity index (χ1n) is 7.90. The Kier molecular flexibility index (Phi) is 5.98. The third-order valence-corrected chi connectivity index (χ3v) is 7.32. The highest BCUT2D eigenvalue weighted by molar-refractivity contribution is 7.87. The summed E-state index contributed by atoms with van der Waals surface area (Å²) in [5.74, 6) is -0.850. The summed E-state index contributed by atoms with van der Waals surface area (Å²) in [4.78, 5) is 0. The van der Waals surface area contributed by atoms with Crippen LogP contribution < -0.4 is 0 Å². The number of rotatable bonds is 4. The Morgan fingerprint density at radius 2 is 1.45 bits per heavy atom. The van der Waals surface area contributed by atoms with Gasteiger partial charge in [-0.15, -0.1) is 0 Å². The summed E-state index contributed by atoms with van der Waals surface area (Å²) in [6.07, 6.45) is 0. The van der Waals surface area contributed by atoms with Gasteiger partial charge in [0.05, 0.1) is 15.1 Å². The first-order chi connectivity index (χ1) is 13.5. The SMILES string of the molecule is O=S(=O)(O)C(c1cccc(O)c1)(c1ccccc1Cl)c1c(Cl)c(O)cc(Cl)c1Cl. The Hall–Kier alpha value is -1.67. The maximum absolute atomic E-state index is 13.0. The Bertz CT molecular complexity index is 1190. The first-order valence-corrected chi connectivity index (χ1v) is 10.9. The zero-order valence-corrected chi connectivity index (χ0v) is 18.1. The lowest BCUT2D eigenvalue weighted by Gasteiger charge is -2.34. The Balaban J connectivity index is 2.69. The molecule has 0 saturated heterocycles. The number of hydrogen-bond donors (Lipinski definition) is 3.